The monoisotopic (exact) mass is 567 g/mol. The molecule has 15 heteroatoms. The lowest BCUT2D eigenvalue weighted by atomic mass is 10.3. The molecule has 0 aromatic heterocycles. The van der Waals surface area contributed by atoms with Crippen molar-refractivity contribution in [1.82, 2.24) is 14.7 Å². The molecule has 0 bridgehead atoms. The van der Waals surface area contributed by atoms with E-state index in [0.717, 1.165) is 0 Å². The average Bonchev–Trinajstić information content (AvgIpc) is 2.82. The minimum absolute atomic E-state index is 0.00207. The van der Waals surface area contributed by atoms with Crippen molar-refractivity contribution in [3.05, 3.63) is 0 Å². The summed E-state index contributed by atoms with van der Waals surface area (Å²) in [6, 6.07) is 0. The van der Waals surface area contributed by atoms with Gasteiger partial charge in [0.05, 0.1) is 39.3 Å². The number of amides is 3. The lowest BCUT2D eigenvalue weighted by Gasteiger charge is -2.42. The van der Waals surface area contributed by atoms with Crippen LogP contribution in [0.25, 0.3) is 0 Å². The quantitative estimate of drug-likeness (QED) is 0.202. The van der Waals surface area contributed by atoms with E-state index in [0.29, 0.717) is 34.5 Å². The van der Waals surface area contributed by atoms with Crippen LogP contribution >= 0.6 is 35.3 Å². The van der Waals surface area contributed by atoms with Crippen LogP contribution in [0.2, 0.25) is 0 Å². The SMILES string of the molecule is O=C(O)CCSCCC(=O)N1CN(C(=O)CCSCCC(=O)O)CN(C(=O)CCSCCC(=O)O)C1. The van der Waals surface area contributed by atoms with Crippen LogP contribution < -0.4 is 0 Å². The fourth-order valence-electron chi connectivity index (χ4n) is 2.96. The Hall–Kier alpha value is -2.13. The fraction of sp³-hybridized carbons (Fsp3) is 0.714. The van der Waals surface area contributed by atoms with Gasteiger partial charge in [-0.2, -0.15) is 35.3 Å². The maximum absolute atomic E-state index is 12.8. The summed E-state index contributed by atoms with van der Waals surface area (Å²) in [4.78, 5) is 74.4. The lowest BCUT2D eigenvalue weighted by molar-refractivity contribution is -0.158. The summed E-state index contributed by atoms with van der Waals surface area (Å²) in [5.74, 6) is -1.05. The highest BCUT2D eigenvalue weighted by Crippen LogP contribution is 2.16. The minimum atomic E-state index is -0.907. The predicted octanol–water partition coefficient (Wildman–Crippen LogP) is 1.15. The lowest BCUT2D eigenvalue weighted by Crippen LogP contribution is -2.59. The molecule has 3 amide bonds. The summed E-state index contributed by atoms with van der Waals surface area (Å²) >= 11 is 4.04. The van der Waals surface area contributed by atoms with E-state index in [2.05, 4.69) is 0 Å². The van der Waals surface area contributed by atoms with Crippen molar-refractivity contribution in [3.8, 4) is 0 Å². The first-order valence-electron chi connectivity index (χ1n) is 11.3. The molecule has 1 saturated heterocycles. The highest BCUT2D eigenvalue weighted by molar-refractivity contribution is 7.99. The van der Waals surface area contributed by atoms with Crippen molar-refractivity contribution in [1.29, 1.82) is 0 Å². The highest BCUT2D eigenvalue weighted by Gasteiger charge is 2.31. The third kappa shape index (κ3) is 14.4. The van der Waals surface area contributed by atoms with Gasteiger partial charge in [-0.3, -0.25) is 28.8 Å². The smallest absolute Gasteiger partial charge is 0.304 e. The zero-order chi connectivity index (χ0) is 26.9. The molecular formula is C21H33N3O9S3. The van der Waals surface area contributed by atoms with Crippen LogP contribution in [-0.2, 0) is 28.8 Å². The van der Waals surface area contributed by atoms with Gasteiger partial charge in [0.1, 0.15) is 0 Å². The second kappa shape index (κ2) is 18.2. The topological polar surface area (TPSA) is 173 Å². The number of aliphatic carboxylic acids is 3. The van der Waals surface area contributed by atoms with E-state index in [9.17, 15) is 28.8 Å². The van der Waals surface area contributed by atoms with Crippen molar-refractivity contribution >= 4 is 70.9 Å². The standard InChI is InChI=1S/C21H33N3O9S3/c25-16(1-7-34-10-4-19(28)29)22-13-23(17(26)2-8-35-11-5-20(30)31)15-24(14-22)18(27)3-9-36-12-6-21(32)33/h1-15H2,(H,28,29)(H,30,31)(H,32,33). The number of thioether (sulfide) groups is 3. The number of carboxylic acids is 3. The molecule has 1 aliphatic rings. The van der Waals surface area contributed by atoms with E-state index >= 15 is 0 Å². The third-order valence-corrected chi connectivity index (χ3v) is 7.80. The molecule has 1 rings (SSSR count). The van der Waals surface area contributed by atoms with Crippen molar-refractivity contribution < 1.29 is 44.1 Å². The Labute approximate surface area is 222 Å². The Bertz CT molecular complexity index is 679. The molecule has 204 valence electrons. The zero-order valence-corrected chi connectivity index (χ0v) is 22.4. The largest absolute Gasteiger partial charge is 0.481 e. The summed E-state index contributed by atoms with van der Waals surface area (Å²) in [7, 11) is 0. The van der Waals surface area contributed by atoms with Gasteiger partial charge < -0.3 is 30.0 Å². The first kappa shape index (κ1) is 31.9. The first-order chi connectivity index (χ1) is 17.1. The number of carboxylic acid groups (broad SMARTS) is 3. The summed E-state index contributed by atoms with van der Waals surface area (Å²) in [5, 5.41) is 26.1. The number of nitrogens with zero attached hydrogens (tertiary/aromatic N) is 3. The normalized spacial score (nSPS) is 13.5. The molecule has 0 aromatic rings. The van der Waals surface area contributed by atoms with Gasteiger partial charge in [0.25, 0.3) is 0 Å². The van der Waals surface area contributed by atoms with E-state index in [1.54, 1.807) is 0 Å². The molecule has 36 heavy (non-hydrogen) atoms. The van der Waals surface area contributed by atoms with Gasteiger partial charge in [-0.15, -0.1) is 0 Å². The molecule has 0 aliphatic carbocycles. The van der Waals surface area contributed by atoms with E-state index in [1.807, 2.05) is 0 Å². The van der Waals surface area contributed by atoms with Gasteiger partial charge >= 0.3 is 17.9 Å². The van der Waals surface area contributed by atoms with Crippen molar-refractivity contribution in [2.75, 3.05) is 54.5 Å². The van der Waals surface area contributed by atoms with Crippen molar-refractivity contribution in [3.63, 3.8) is 0 Å². The summed E-state index contributed by atoms with van der Waals surface area (Å²) in [6.45, 7) is 0.108. The molecular weight excluding hydrogens is 534 g/mol. The molecule has 1 heterocycles. The van der Waals surface area contributed by atoms with E-state index in [1.165, 1.54) is 50.0 Å². The summed E-state index contributed by atoms with van der Waals surface area (Å²) < 4.78 is 0. The number of carbonyl (C=O) groups is 6. The Balaban J connectivity index is 2.65. The van der Waals surface area contributed by atoms with Gasteiger partial charge in [0.15, 0.2) is 0 Å². The van der Waals surface area contributed by atoms with E-state index in [4.69, 9.17) is 15.3 Å². The van der Waals surface area contributed by atoms with Gasteiger partial charge in [0, 0.05) is 53.8 Å². The van der Waals surface area contributed by atoms with Crippen molar-refractivity contribution in [2.24, 2.45) is 0 Å². The first-order valence-corrected chi connectivity index (χ1v) is 14.8. The molecule has 0 spiro atoms. The summed E-state index contributed by atoms with van der Waals surface area (Å²) in [6.07, 6.45) is 0.436. The number of rotatable bonds is 18. The van der Waals surface area contributed by atoms with Gasteiger partial charge in [-0.25, -0.2) is 0 Å². The number of hydrogen-bond acceptors (Lipinski definition) is 9. The number of carbonyl (C=O) groups excluding carboxylic acids is 3. The molecule has 0 radical (unpaired) electrons. The van der Waals surface area contributed by atoms with Crippen LogP contribution in [0.4, 0.5) is 0 Å². The van der Waals surface area contributed by atoms with E-state index < -0.39 is 17.9 Å². The maximum Gasteiger partial charge on any atom is 0.304 e. The minimum Gasteiger partial charge on any atom is -0.481 e. The van der Waals surface area contributed by atoms with Crippen LogP contribution in [0.15, 0.2) is 0 Å². The Morgan fingerprint density at radius 1 is 0.444 bits per heavy atom. The van der Waals surface area contributed by atoms with Crippen LogP contribution in [0.1, 0.15) is 38.5 Å². The van der Waals surface area contributed by atoms with Gasteiger partial charge in [-0.05, 0) is 0 Å². The molecule has 0 saturated carbocycles. The molecule has 0 aromatic carbocycles. The summed E-state index contributed by atoms with van der Waals surface area (Å²) in [5.41, 5.74) is 0. The maximum atomic E-state index is 12.8. The second-order valence-electron chi connectivity index (χ2n) is 7.74. The second-order valence-corrected chi connectivity index (χ2v) is 11.4. The molecule has 12 nitrogen and oxygen atoms in total. The van der Waals surface area contributed by atoms with Crippen LogP contribution in [0.3, 0.4) is 0 Å². The van der Waals surface area contributed by atoms with Crippen LogP contribution in [-0.4, -0.2) is 120 Å². The Morgan fingerprint density at radius 2 is 0.667 bits per heavy atom. The molecule has 0 unspecified atom stereocenters. The average molecular weight is 568 g/mol. The van der Waals surface area contributed by atoms with E-state index in [-0.39, 0.29) is 76.3 Å². The molecule has 3 N–H and O–H groups in total. The number of hydrogen-bond donors (Lipinski definition) is 3. The van der Waals surface area contributed by atoms with Crippen molar-refractivity contribution in [2.45, 2.75) is 38.5 Å². The highest BCUT2D eigenvalue weighted by atomic mass is 32.2. The fourth-order valence-corrected chi connectivity index (χ4v) is 5.49. The predicted molar refractivity (Wildman–Crippen MR) is 138 cm³/mol. The van der Waals surface area contributed by atoms with Gasteiger partial charge in [0.2, 0.25) is 17.7 Å². The Kier molecular flexibility index (Phi) is 16.1. The Morgan fingerprint density at radius 3 is 0.889 bits per heavy atom. The third-order valence-electron chi connectivity index (χ3n) is 4.84. The van der Waals surface area contributed by atoms with Crippen LogP contribution in [0.5, 0.6) is 0 Å². The molecule has 1 fully saturated rings. The molecule has 0 atom stereocenters. The molecule has 1 aliphatic heterocycles. The van der Waals surface area contributed by atoms with Gasteiger partial charge in [-0.1, -0.05) is 0 Å². The zero-order valence-electron chi connectivity index (χ0n) is 20.0. The van der Waals surface area contributed by atoms with Crippen LogP contribution in [0, 0.1) is 0 Å².